The van der Waals surface area contributed by atoms with Gasteiger partial charge in [0.05, 0.1) is 18.0 Å². The van der Waals surface area contributed by atoms with Gasteiger partial charge >= 0.3 is 0 Å². The molecule has 3 aliphatic rings. The molecular weight excluding hydrogens is 559 g/mol. The van der Waals surface area contributed by atoms with Crippen molar-refractivity contribution in [1.82, 2.24) is 24.5 Å². The van der Waals surface area contributed by atoms with Crippen LogP contribution in [0.4, 0.5) is 10.2 Å². The third kappa shape index (κ3) is 7.38. The van der Waals surface area contributed by atoms with Crippen molar-refractivity contribution in [2.75, 3.05) is 44.3 Å². The second-order valence-electron chi connectivity index (χ2n) is 12.4. The second-order valence-corrected chi connectivity index (χ2v) is 14.1. The number of rotatable bonds is 12. The van der Waals surface area contributed by atoms with E-state index in [0.717, 1.165) is 51.9 Å². The summed E-state index contributed by atoms with van der Waals surface area (Å²) in [6, 6.07) is 4.01. The molecule has 0 bridgehead atoms. The van der Waals surface area contributed by atoms with E-state index in [1.54, 1.807) is 11.1 Å². The van der Waals surface area contributed by atoms with Crippen molar-refractivity contribution in [3.8, 4) is 11.5 Å². The van der Waals surface area contributed by atoms with Crippen molar-refractivity contribution < 1.29 is 22.3 Å². The molecule has 1 aliphatic heterocycles. The molecule has 2 saturated carbocycles. The number of fused-ring (bicyclic) bond motifs is 1. The topological polar surface area (TPSA) is 117 Å². The van der Waals surface area contributed by atoms with Gasteiger partial charge in [-0.3, -0.25) is 4.79 Å². The fourth-order valence-electron chi connectivity index (χ4n) is 6.83. The lowest BCUT2D eigenvalue weighted by Gasteiger charge is -2.32. The minimum absolute atomic E-state index is 0.0379. The highest BCUT2D eigenvalue weighted by molar-refractivity contribution is 7.88. The first-order valence-electron chi connectivity index (χ1n) is 15.0. The Kier molecular flexibility index (Phi) is 9.34. The van der Waals surface area contributed by atoms with Gasteiger partial charge in [0.2, 0.25) is 10.0 Å². The zero-order valence-corrected chi connectivity index (χ0v) is 25.7. The highest BCUT2D eigenvalue weighted by atomic mass is 32.2. The van der Waals surface area contributed by atoms with Crippen LogP contribution in [0.5, 0.6) is 11.5 Å². The molecule has 2 atom stereocenters. The first kappa shape index (κ1) is 30.6. The maximum Gasteiger partial charge on any atom is 0.257 e. The van der Waals surface area contributed by atoms with Gasteiger partial charge in [0, 0.05) is 44.8 Å². The number of halogens is 1. The number of hydrogen-bond donors (Lipinski definition) is 2. The van der Waals surface area contributed by atoms with E-state index in [2.05, 4.69) is 24.9 Å². The Labute approximate surface area is 248 Å². The Hall–Kier alpha value is -2.83. The number of aromatic nitrogens is 2. The molecule has 2 N–H and O–H groups in total. The van der Waals surface area contributed by atoms with Crippen LogP contribution in [0.1, 0.15) is 56.8 Å². The Morgan fingerprint density at radius 2 is 1.88 bits per heavy atom. The van der Waals surface area contributed by atoms with Gasteiger partial charge in [-0.05, 0) is 88.3 Å². The summed E-state index contributed by atoms with van der Waals surface area (Å²) in [6.45, 7) is 10.3. The number of hydrogen-bond acceptors (Lipinski definition) is 8. The monoisotopic (exact) mass is 602 g/mol. The Morgan fingerprint density at radius 1 is 1.17 bits per heavy atom. The smallest absolute Gasteiger partial charge is 0.257 e. The molecule has 0 spiro atoms. The lowest BCUT2D eigenvalue weighted by atomic mass is 9.86. The minimum atomic E-state index is -3.14. The number of amides is 1. The standard InChI is InChI=1S/C30H43FN6O4S/c1-5-37(19(2)3)30(38)23-12-21(31)8-11-27(23)41-28-14-32-18-34-29(28)33-13-24-25-16-36(17-26(24)25)15-20-6-9-22(10-7-20)35-42(4,39)40/h8,11-12,14,18-20,22,24-26,35H,5-7,9-10,13,15-17H2,1-4H3,(H,32,33,34). The molecule has 1 aromatic heterocycles. The largest absolute Gasteiger partial charge is 0.451 e. The molecular formula is C30H43FN6O4S. The van der Waals surface area contributed by atoms with E-state index in [1.807, 2.05) is 20.8 Å². The van der Waals surface area contributed by atoms with E-state index in [1.165, 1.54) is 30.8 Å². The normalized spacial score (nSPS) is 25.7. The zero-order chi connectivity index (χ0) is 30.0. The van der Waals surface area contributed by atoms with Crippen molar-refractivity contribution in [1.29, 1.82) is 0 Å². The molecule has 42 heavy (non-hydrogen) atoms. The van der Waals surface area contributed by atoms with Gasteiger partial charge in [-0.15, -0.1) is 0 Å². The van der Waals surface area contributed by atoms with E-state index in [-0.39, 0.29) is 29.3 Å². The summed E-state index contributed by atoms with van der Waals surface area (Å²) in [5.41, 5.74) is 0.164. The predicted molar refractivity (Wildman–Crippen MR) is 159 cm³/mol. The fraction of sp³-hybridized carbons (Fsp3) is 0.633. The molecule has 1 aromatic carbocycles. The van der Waals surface area contributed by atoms with Gasteiger partial charge < -0.3 is 19.9 Å². The van der Waals surface area contributed by atoms with E-state index in [9.17, 15) is 17.6 Å². The quantitative estimate of drug-likeness (QED) is 0.375. The summed E-state index contributed by atoms with van der Waals surface area (Å²) in [5, 5.41) is 3.44. The van der Waals surface area contributed by atoms with Crippen molar-refractivity contribution in [2.24, 2.45) is 23.7 Å². The Morgan fingerprint density at radius 3 is 2.52 bits per heavy atom. The molecule has 12 heteroatoms. The predicted octanol–water partition coefficient (Wildman–Crippen LogP) is 3.98. The molecule has 2 heterocycles. The number of nitrogens with zero attached hydrogens (tertiary/aromatic N) is 4. The zero-order valence-electron chi connectivity index (χ0n) is 24.9. The van der Waals surface area contributed by atoms with Crippen LogP contribution in [-0.2, 0) is 10.0 Å². The van der Waals surface area contributed by atoms with Crippen LogP contribution in [0, 0.1) is 29.5 Å². The average Bonchev–Trinajstić information content (AvgIpc) is 3.39. The molecule has 2 aromatic rings. The average molecular weight is 603 g/mol. The van der Waals surface area contributed by atoms with E-state index in [0.29, 0.717) is 41.8 Å². The van der Waals surface area contributed by atoms with Crippen molar-refractivity contribution in [3.63, 3.8) is 0 Å². The van der Waals surface area contributed by atoms with Gasteiger partial charge in [-0.2, -0.15) is 0 Å². The first-order valence-corrected chi connectivity index (χ1v) is 16.9. The van der Waals surface area contributed by atoms with Crippen LogP contribution in [0.3, 0.4) is 0 Å². The molecule has 10 nitrogen and oxygen atoms in total. The molecule has 1 amide bonds. The molecule has 5 rings (SSSR count). The third-order valence-corrected chi connectivity index (χ3v) is 9.75. The summed E-state index contributed by atoms with van der Waals surface area (Å²) in [5.74, 6) is 2.91. The number of likely N-dealkylation sites (tertiary alicyclic amines) is 1. The fourth-order valence-corrected chi connectivity index (χ4v) is 7.67. The second kappa shape index (κ2) is 12.8. The summed E-state index contributed by atoms with van der Waals surface area (Å²) < 4.78 is 46.1. The summed E-state index contributed by atoms with van der Waals surface area (Å²) in [7, 11) is -3.14. The van der Waals surface area contributed by atoms with Crippen LogP contribution in [0.2, 0.25) is 0 Å². The minimum Gasteiger partial charge on any atom is -0.451 e. The maximum atomic E-state index is 14.2. The van der Waals surface area contributed by atoms with Crippen LogP contribution in [-0.4, -0.2) is 85.2 Å². The number of benzene rings is 1. The molecule has 0 radical (unpaired) electrons. The van der Waals surface area contributed by atoms with E-state index in [4.69, 9.17) is 4.74 Å². The molecule has 2 unspecified atom stereocenters. The molecule has 2 aliphatic carbocycles. The maximum absolute atomic E-state index is 14.2. The van der Waals surface area contributed by atoms with Gasteiger partial charge in [-0.25, -0.2) is 27.5 Å². The summed E-state index contributed by atoms with van der Waals surface area (Å²) in [6.07, 6.45) is 8.21. The van der Waals surface area contributed by atoms with Gasteiger partial charge in [0.1, 0.15) is 17.9 Å². The number of ether oxygens (including phenoxy) is 1. The Balaban J connectivity index is 1.13. The number of carbonyl (C=O) groups excluding carboxylic acids is 1. The Bertz CT molecular complexity index is 1360. The summed E-state index contributed by atoms with van der Waals surface area (Å²) >= 11 is 0. The number of piperidine rings is 1. The number of anilines is 1. The SMILES string of the molecule is CCN(C(=O)c1cc(F)ccc1Oc1cncnc1NCC1C2CN(CC3CCC(NS(C)(=O)=O)CC3)CC12)C(C)C. The highest BCUT2D eigenvalue weighted by Gasteiger charge is 2.55. The lowest BCUT2D eigenvalue weighted by molar-refractivity contribution is 0.0713. The van der Waals surface area contributed by atoms with E-state index >= 15 is 0 Å². The third-order valence-electron chi connectivity index (χ3n) is 8.99. The lowest BCUT2D eigenvalue weighted by Crippen LogP contribution is -2.39. The van der Waals surface area contributed by atoms with Crippen LogP contribution >= 0.6 is 0 Å². The highest BCUT2D eigenvalue weighted by Crippen LogP contribution is 2.52. The van der Waals surface area contributed by atoms with E-state index < -0.39 is 15.8 Å². The number of carbonyl (C=O) groups is 1. The van der Waals surface area contributed by atoms with Crippen LogP contribution in [0.25, 0.3) is 0 Å². The molecule has 3 fully saturated rings. The van der Waals surface area contributed by atoms with Gasteiger partial charge in [0.15, 0.2) is 11.6 Å². The van der Waals surface area contributed by atoms with Gasteiger partial charge in [-0.1, -0.05) is 0 Å². The first-order chi connectivity index (χ1) is 20.0. The van der Waals surface area contributed by atoms with Crippen molar-refractivity contribution in [2.45, 2.75) is 58.5 Å². The van der Waals surface area contributed by atoms with Crippen molar-refractivity contribution in [3.05, 3.63) is 42.1 Å². The molecule has 230 valence electrons. The van der Waals surface area contributed by atoms with Crippen molar-refractivity contribution >= 4 is 21.7 Å². The summed E-state index contributed by atoms with van der Waals surface area (Å²) in [4.78, 5) is 26.0. The van der Waals surface area contributed by atoms with Gasteiger partial charge in [0.25, 0.3) is 5.91 Å². The number of sulfonamides is 1. The number of nitrogens with one attached hydrogen (secondary N) is 2. The van der Waals surface area contributed by atoms with Crippen LogP contribution < -0.4 is 14.8 Å². The molecule has 1 saturated heterocycles. The van der Waals surface area contributed by atoms with Crippen LogP contribution in [0.15, 0.2) is 30.7 Å².